The lowest BCUT2D eigenvalue weighted by Crippen LogP contribution is -2.24. The van der Waals surface area contributed by atoms with E-state index in [0.717, 1.165) is 16.9 Å². The third kappa shape index (κ3) is 2.93. The van der Waals surface area contributed by atoms with Gasteiger partial charge in [-0.1, -0.05) is 36.3 Å². The number of carbonyl (C=O) groups is 1. The minimum atomic E-state index is -0.127. The van der Waals surface area contributed by atoms with E-state index in [0.29, 0.717) is 18.0 Å². The van der Waals surface area contributed by atoms with Crippen molar-refractivity contribution in [2.45, 2.75) is 12.3 Å². The van der Waals surface area contributed by atoms with Crippen molar-refractivity contribution in [1.82, 2.24) is 9.55 Å². The second kappa shape index (κ2) is 6.77. The number of hydrogen-bond donors (Lipinski definition) is 1. The summed E-state index contributed by atoms with van der Waals surface area (Å²) < 4.78 is 7.41. The highest BCUT2D eigenvalue weighted by Crippen LogP contribution is 2.38. The Morgan fingerprint density at radius 3 is 2.88 bits per heavy atom. The number of anilines is 1. The number of nitrogens with one attached hydrogen (secondary N) is 1. The van der Waals surface area contributed by atoms with Crippen LogP contribution in [-0.4, -0.2) is 22.1 Å². The molecule has 0 saturated heterocycles. The van der Waals surface area contributed by atoms with E-state index < -0.39 is 0 Å². The molecule has 5 heteroatoms. The number of carbonyl (C=O) groups excluding carboxylic acids is 1. The Bertz CT molecular complexity index is 986. The van der Waals surface area contributed by atoms with Crippen LogP contribution in [0.25, 0.3) is 5.69 Å². The van der Waals surface area contributed by atoms with Crippen molar-refractivity contribution in [3.8, 4) is 23.8 Å². The van der Waals surface area contributed by atoms with E-state index in [2.05, 4.69) is 16.2 Å². The molecule has 1 amide bonds. The molecule has 1 atom stereocenters. The average Bonchev–Trinajstić information content (AvgIpc) is 3.10. The smallest absolute Gasteiger partial charge is 0.226 e. The number of aromatic nitrogens is 2. The lowest BCUT2D eigenvalue weighted by Gasteiger charge is -2.23. The van der Waals surface area contributed by atoms with Crippen molar-refractivity contribution >= 4 is 11.7 Å². The SMILES string of the molecule is C#CCOc1cccc(C2CC(=O)Nc3c2ncn3-c2ccccc2)c1. The molecule has 0 fully saturated rings. The molecule has 128 valence electrons. The molecule has 1 N–H and O–H groups in total. The molecule has 5 nitrogen and oxygen atoms in total. The van der Waals surface area contributed by atoms with E-state index in [-0.39, 0.29) is 18.4 Å². The van der Waals surface area contributed by atoms with Crippen LogP contribution in [-0.2, 0) is 4.79 Å². The van der Waals surface area contributed by atoms with Crippen LogP contribution < -0.4 is 10.1 Å². The molecule has 2 heterocycles. The van der Waals surface area contributed by atoms with Crippen LogP contribution in [0.15, 0.2) is 60.9 Å². The van der Waals surface area contributed by atoms with Gasteiger partial charge in [-0.2, -0.15) is 0 Å². The second-order valence-corrected chi connectivity index (χ2v) is 6.05. The number of ether oxygens (including phenoxy) is 1. The molecule has 0 spiro atoms. The number of nitrogens with zero attached hydrogens (tertiary/aromatic N) is 2. The van der Waals surface area contributed by atoms with Crippen molar-refractivity contribution < 1.29 is 9.53 Å². The van der Waals surface area contributed by atoms with E-state index in [1.54, 1.807) is 6.33 Å². The Kier molecular flexibility index (Phi) is 4.16. The number of fused-ring (bicyclic) bond motifs is 1. The fraction of sp³-hybridized carbons (Fsp3) is 0.143. The van der Waals surface area contributed by atoms with E-state index in [4.69, 9.17) is 11.2 Å². The van der Waals surface area contributed by atoms with Crippen molar-refractivity contribution in [2.24, 2.45) is 0 Å². The van der Waals surface area contributed by atoms with Crippen LogP contribution in [0.3, 0.4) is 0 Å². The van der Waals surface area contributed by atoms with Gasteiger partial charge in [0.1, 0.15) is 24.5 Å². The zero-order chi connectivity index (χ0) is 17.9. The number of hydrogen-bond acceptors (Lipinski definition) is 3. The van der Waals surface area contributed by atoms with Crippen LogP contribution in [0.1, 0.15) is 23.6 Å². The maximum absolute atomic E-state index is 12.3. The Morgan fingerprint density at radius 2 is 2.08 bits per heavy atom. The van der Waals surface area contributed by atoms with Gasteiger partial charge in [0.05, 0.1) is 5.69 Å². The summed E-state index contributed by atoms with van der Waals surface area (Å²) in [6, 6.07) is 17.5. The number of terminal acetylenes is 1. The van der Waals surface area contributed by atoms with Gasteiger partial charge in [0, 0.05) is 18.0 Å². The first kappa shape index (κ1) is 16.0. The molecule has 3 aromatic rings. The molecule has 4 rings (SSSR count). The summed E-state index contributed by atoms with van der Waals surface area (Å²) >= 11 is 0. The monoisotopic (exact) mass is 343 g/mol. The maximum Gasteiger partial charge on any atom is 0.226 e. The third-order valence-corrected chi connectivity index (χ3v) is 4.39. The maximum atomic E-state index is 12.3. The first-order valence-electron chi connectivity index (χ1n) is 8.35. The van der Waals surface area contributed by atoms with E-state index in [1.807, 2.05) is 59.2 Å². The summed E-state index contributed by atoms with van der Waals surface area (Å²) in [5, 5.41) is 2.96. The molecule has 1 unspecified atom stereocenters. The van der Waals surface area contributed by atoms with E-state index in [1.165, 1.54) is 0 Å². The molecular formula is C21H17N3O2. The van der Waals surface area contributed by atoms with Gasteiger partial charge in [0.2, 0.25) is 5.91 Å². The van der Waals surface area contributed by atoms with Crippen LogP contribution in [0.4, 0.5) is 5.82 Å². The molecule has 26 heavy (non-hydrogen) atoms. The lowest BCUT2D eigenvalue weighted by molar-refractivity contribution is -0.116. The van der Waals surface area contributed by atoms with Crippen molar-refractivity contribution in [3.05, 3.63) is 72.2 Å². The molecule has 0 aliphatic carbocycles. The molecule has 0 radical (unpaired) electrons. The fourth-order valence-electron chi connectivity index (χ4n) is 3.21. The van der Waals surface area contributed by atoms with Crippen molar-refractivity contribution in [2.75, 3.05) is 11.9 Å². The second-order valence-electron chi connectivity index (χ2n) is 6.05. The normalized spacial score (nSPS) is 15.7. The van der Waals surface area contributed by atoms with Gasteiger partial charge in [-0.25, -0.2) is 4.98 Å². The largest absolute Gasteiger partial charge is 0.481 e. The van der Waals surface area contributed by atoms with Crippen molar-refractivity contribution in [3.63, 3.8) is 0 Å². The molecular weight excluding hydrogens is 326 g/mol. The summed E-state index contributed by atoms with van der Waals surface area (Å²) in [5.41, 5.74) is 2.78. The zero-order valence-corrected chi connectivity index (χ0v) is 14.1. The van der Waals surface area contributed by atoms with Gasteiger partial charge in [0.25, 0.3) is 0 Å². The molecule has 0 saturated carbocycles. The van der Waals surface area contributed by atoms with Crippen LogP contribution in [0, 0.1) is 12.3 Å². The molecule has 1 aliphatic rings. The number of imidazole rings is 1. The highest BCUT2D eigenvalue weighted by Gasteiger charge is 2.31. The fourth-order valence-corrected chi connectivity index (χ4v) is 3.21. The van der Waals surface area contributed by atoms with Crippen LogP contribution >= 0.6 is 0 Å². The van der Waals surface area contributed by atoms with Gasteiger partial charge in [-0.3, -0.25) is 9.36 Å². The molecule has 1 aromatic heterocycles. The predicted molar refractivity (Wildman–Crippen MR) is 99.4 cm³/mol. The van der Waals surface area contributed by atoms with Gasteiger partial charge in [-0.05, 0) is 29.8 Å². The minimum Gasteiger partial charge on any atom is -0.481 e. The summed E-state index contributed by atoms with van der Waals surface area (Å²) in [6.45, 7) is 0.211. The summed E-state index contributed by atoms with van der Waals surface area (Å²) in [5.74, 6) is 3.70. The van der Waals surface area contributed by atoms with Crippen LogP contribution in [0.5, 0.6) is 5.75 Å². The van der Waals surface area contributed by atoms with Crippen LogP contribution in [0.2, 0.25) is 0 Å². The van der Waals surface area contributed by atoms with E-state index >= 15 is 0 Å². The first-order valence-corrected chi connectivity index (χ1v) is 8.35. The Morgan fingerprint density at radius 1 is 1.23 bits per heavy atom. The van der Waals surface area contributed by atoms with Gasteiger partial charge in [-0.15, -0.1) is 6.42 Å². The highest BCUT2D eigenvalue weighted by molar-refractivity contribution is 5.94. The predicted octanol–water partition coefficient (Wildman–Crippen LogP) is 3.36. The summed E-state index contributed by atoms with van der Waals surface area (Å²) in [6.07, 6.45) is 7.35. The quantitative estimate of drug-likeness (QED) is 0.739. The molecule has 2 aromatic carbocycles. The number of para-hydroxylation sites is 1. The summed E-state index contributed by atoms with van der Waals surface area (Å²) in [4.78, 5) is 16.9. The van der Waals surface area contributed by atoms with Crippen molar-refractivity contribution in [1.29, 1.82) is 0 Å². The average molecular weight is 343 g/mol. The Labute approximate surface area is 151 Å². The number of amides is 1. The van der Waals surface area contributed by atoms with Gasteiger partial charge in [0.15, 0.2) is 0 Å². The van der Waals surface area contributed by atoms with Gasteiger partial charge >= 0.3 is 0 Å². The van der Waals surface area contributed by atoms with Gasteiger partial charge < -0.3 is 10.1 Å². The first-order chi connectivity index (χ1) is 12.8. The molecule has 1 aliphatic heterocycles. The minimum absolute atomic E-state index is 0.0323. The topological polar surface area (TPSA) is 56.1 Å². The Hall–Kier alpha value is -3.52. The zero-order valence-electron chi connectivity index (χ0n) is 14.1. The number of benzene rings is 2. The standard InChI is InChI=1S/C21H17N3O2/c1-2-11-26-17-10-6-7-15(12-17)18-13-19(25)23-21-20(18)22-14-24(21)16-8-4-3-5-9-16/h1,3-10,12,14,18H,11,13H2,(H,23,25). The third-order valence-electron chi connectivity index (χ3n) is 4.39. The summed E-state index contributed by atoms with van der Waals surface area (Å²) in [7, 11) is 0. The molecule has 0 bridgehead atoms. The lowest BCUT2D eigenvalue weighted by atomic mass is 9.89. The highest BCUT2D eigenvalue weighted by atomic mass is 16.5. The van der Waals surface area contributed by atoms with E-state index in [9.17, 15) is 4.79 Å². The Balaban J connectivity index is 1.74. The number of rotatable bonds is 4.